The van der Waals surface area contributed by atoms with E-state index in [-0.39, 0.29) is 24.9 Å². The molecule has 2 aliphatic rings. The molecule has 1 unspecified atom stereocenters. The first-order valence-electron chi connectivity index (χ1n) is 9.45. The first-order valence-corrected chi connectivity index (χ1v) is 9.45. The smallest absolute Gasteiger partial charge is 0.254 e. The number of aromatic nitrogens is 2. The highest BCUT2D eigenvalue weighted by Gasteiger charge is 2.31. The lowest BCUT2D eigenvalue weighted by molar-refractivity contribution is 0.0773. The number of nitrogens with zero attached hydrogens (tertiary/aromatic N) is 4. The summed E-state index contributed by atoms with van der Waals surface area (Å²) in [5.41, 5.74) is 0.651. The number of aryl methyl sites for hydroxylation is 1. The number of carbonyl (C=O) groups is 1. The number of amides is 1. The standard InChI is InChI=1S/C19H25N5O3.ClH/c1-14-21-18(22-27-14)13-26-17-4-2-3-15(11-17)19(25)24-8-5-16(12-24)23-9-6-20-7-10-23;/h2-4,11,16,20H,5-10,12-13H2,1H3;1H. The second-order valence-electron chi connectivity index (χ2n) is 7.03. The van der Waals surface area contributed by atoms with Gasteiger partial charge in [0, 0.05) is 57.8 Å². The third-order valence-electron chi connectivity index (χ3n) is 5.14. The van der Waals surface area contributed by atoms with E-state index in [1.807, 2.05) is 23.1 Å². The number of hydrogen-bond acceptors (Lipinski definition) is 7. The summed E-state index contributed by atoms with van der Waals surface area (Å²) in [7, 11) is 0. The molecule has 152 valence electrons. The number of piperazine rings is 1. The zero-order valence-electron chi connectivity index (χ0n) is 16.0. The predicted octanol–water partition coefficient (Wildman–Crippen LogP) is 1.50. The van der Waals surface area contributed by atoms with Crippen molar-refractivity contribution in [3.63, 3.8) is 0 Å². The number of rotatable bonds is 5. The molecule has 1 aromatic carbocycles. The summed E-state index contributed by atoms with van der Waals surface area (Å²) in [6.07, 6.45) is 1.04. The van der Waals surface area contributed by atoms with Gasteiger partial charge in [0.25, 0.3) is 5.91 Å². The maximum absolute atomic E-state index is 12.9. The van der Waals surface area contributed by atoms with Gasteiger partial charge in [-0.15, -0.1) is 12.4 Å². The van der Waals surface area contributed by atoms with Crippen molar-refractivity contribution in [2.75, 3.05) is 39.3 Å². The minimum Gasteiger partial charge on any atom is -0.485 e. The lowest BCUT2D eigenvalue weighted by Crippen LogP contribution is -2.49. The fourth-order valence-electron chi connectivity index (χ4n) is 3.72. The zero-order chi connectivity index (χ0) is 18.6. The Bertz CT molecular complexity index is 793. The monoisotopic (exact) mass is 407 g/mol. The van der Waals surface area contributed by atoms with Crippen molar-refractivity contribution in [2.45, 2.75) is 26.0 Å². The van der Waals surface area contributed by atoms with Crippen molar-refractivity contribution >= 4 is 18.3 Å². The van der Waals surface area contributed by atoms with Crippen LogP contribution in [0.3, 0.4) is 0 Å². The molecule has 4 rings (SSSR count). The molecule has 0 aliphatic carbocycles. The molecule has 1 N–H and O–H groups in total. The van der Waals surface area contributed by atoms with E-state index in [0.29, 0.717) is 29.1 Å². The number of benzene rings is 1. The highest BCUT2D eigenvalue weighted by Crippen LogP contribution is 2.21. The van der Waals surface area contributed by atoms with Gasteiger partial charge in [0.05, 0.1) is 0 Å². The molecule has 2 aromatic rings. The van der Waals surface area contributed by atoms with Gasteiger partial charge in [0.2, 0.25) is 11.7 Å². The molecule has 1 aromatic heterocycles. The summed E-state index contributed by atoms with van der Waals surface area (Å²) in [5, 5.41) is 7.19. The quantitative estimate of drug-likeness (QED) is 0.803. The van der Waals surface area contributed by atoms with Crippen molar-refractivity contribution in [2.24, 2.45) is 0 Å². The molecule has 1 amide bonds. The summed E-state index contributed by atoms with van der Waals surface area (Å²) < 4.78 is 10.6. The third kappa shape index (κ3) is 4.81. The van der Waals surface area contributed by atoms with Crippen LogP contribution in [-0.2, 0) is 6.61 Å². The van der Waals surface area contributed by atoms with Gasteiger partial charge in [-0.05, 0) is 24.6 Å². The van der Waals surface area contributed by atoms with E-state index in [0.717, 1.165) is 45.7 Å². The van der Waals surface area contributed by atoms with Crippen LogP contribution in [0.5, 0.6) is 5.75 Å². The Labute approximate surface area is 170 Å². The molecule has 2 fully saturated rings. The van der Waals surface area contributed by atoms with Crippen LogP contribution < -0.4 is 10.1 Å². The molecule has 1 atom stereocenters. The Balaban J connectivity index is 0.00000225. The molecule has 2 saturated heterocycles. The molecule has 0 spiro atoms. The number of hydrogen-bond donors (Lipinski definition) is 1. The summed E-state index contributed by atoms with van der Waals surface area (Å²) in [4.78, 5) is 21.5. The first-order chi connectivity index (χ1) is 13.2. The van der Waals surface area contributed by atoms with Crippen LogP contribution in [0.15, 0.2) is 28.8 Å². The van der Waals surface area contributed by atoms with Crippen LogP contribution in [0.2, 0.25) is 0 Å². The number of likely N-dealkylation sites (tertiary alicyclic amines) is 1. The number of carbonyl (C=O) groups excluding carboxylic acids is 1. The minimum atomic E-state index is 0. The van der Waals surface area contributed by atoms with E-state index in [4.69, 9.17) is 9.26 Å². The van der Waals surface area contributed by atoms with Gasteiger partial charge in [-0.25, -0.2) is 0 Å². The maximum atomic E-state index is 12.9. The average Bonchev–Trinajstić information content (AvgIpc) is 3.36. The van der Waals surface area contributed by atoms with Crippen LogP contribution in [0.4, 0.5) is 0 Å². The van der Waals surface area contributed by atoms with Crippen LogP contribution in [0.25, 0.3) is 0 Å². The molecular formula is C19H26ClN5O3. The van der Waals surface area contributed by atoms with E-state index >= 15 is 0 Å². The molecule has 28 heavy (non-hydrogen) atoms. The van der Waals surface area contributed by atoms with Crippen LogP contribution in [-0.4, -0.2) is 71.2 Å². The zero-order valence-corrected chi connectivity index (χ0v) is 16.8. The third-order valence-corrected chi connectivity index (χ3v) is 5.14. The summed E-state index contributed by atoms with van der Waals surface area (Å²) in [6, 6.07) is 7.77. The van der Waals surface area contributed by atoms with Crippen molar-refractivity contribution in [3.8, 4) is 5.75 Å². The van der Waals surface area contributed by atoms with Gasteiger partial charge in [-0.2, -0.15) is 4.98 Å². The van der Waals surface area contributed by atoms with Crippen molar-refractivity contribution in [1.82, 2.24) is 25.3 Å². The molecule has 0 radical (unpaired) electrons. The Hall–Kier alpha value is -2.16. The number of nitrogens with one attached hydrogen (secondary N) is 1. The largest absolute Gasteiger partial charge is 0.485 e. The van der Waals surface area contributed by atoms with Crippen LogP contribution in [0, 0.1) is 6.92 Å². The molecule has 0 saturated carbocycles. The Morgan fingerprint density at radius 2 is 2.14 bits per heavy atom. The number of halogens is 1. The van der Waals surface area contributed by atoms with Gasteiger partial charge in [0.1, 0.15) is 5.75 Å². The van der Waals surface area contributed by atoms with Crippen molar-refractivity contribution in [1.29, 1.82) is 0 Å². The van der Waals surface area contributed by atoms with Gasteiger partial charge in [-0.3, -0.25) is 9.69 Å². The Morgan fingerprint density at radius 1 is 1.32 bits per heavy atom. The van der Waals surface area contributed by atoms with E-state index < -0.39 is 0 Å². The van der Waals surface area contributed by atoms with Gasteiger partial charge >= 0.3 is 0 Å². The lowest BCUT2D eigenvalue weighted by atomic mass is 10.2. The summed E-state index contributed by atoms with van der Waals surface area (Å²) in [6.45, 7) is 7.74. The molecule has 3 heterocycles. The van der Waals surface area contributed by atoms with E-state index in [1.54, 1.807) is 13.0 Å². The van der Waals surface area contributed by atoms with E-state index in [1.165, 1.54) is 0 Å². The Morgan fingerprint density at radius 3 is 2.89 bits per heavy atom. The van der Waals surface area contributed by atoms with Crippen LogP contribution >= 0.6 is 12.4 Å². The topological polar surface area (TPSA) is 83.7 Å². The Kier molecular flexibility index (Phi) is 6.88. The second-order valence-corrected chi connectivity index (χ2v) is 7.03. The first kappa shape index (κ1) is 20.6. The lowest BCUT2D eigenvalue weighted by Gasteiger charge is -2.32. The summed E-state index contributed by atoms with van der Waals surface area (Å²) in [5.74, 6) is 1.68. The van der Waals surface area contributed by atoms with Crippen molar-refractivity contribution < 1.29 is 14.1 Å². The van der Waals surface area contributed by atoms with Crippen LogP contribution in [0.1, 0.15) is 28.5 Å². The highest BCUT2D eigenvalue weighted by atomic mass is 35.5. The van der Waals surface area contributed by atoms with Gasteiger partial charge in [-0.1, -0.05) is 11.2 Å². The predicted molar refractivity (Wildman–Crippen MR) is 106 cm³/mol. The van der Waals surface area contributed by atoms with E-state index in [9.17, 15) is 4.79 Å². The van der Waals surface area contributed by atoms with Gasteiger partial charge in [0.15, 0.2) is 6.61 Å². The minimum absolute atomic E-state index is 0. The SMILES string of the molecule is Cc1nc(COc2cccc(C(=O)N3CCC(N4CCNCC4)C3)c2)no1.Cl. The molecular weight excluding hydrogens is 382 g/mol. The molecule has 9 heteroatoms. The fourth-order valence-corrected chi connectivity index (χ4v) is 3.72. The number of ether oxygens (including phenoxy) is 1. The van der Waals surface area contributed by atoms with Crippen molar-refractivity contribution in [3.05, 3.63) is 41.5 Å². The van der Waals surface area contributed by atoms with E-state index in [2.05, 4.69) is 20.4 Å². The fraction of sp³-hybridized carbons (Fsp3) is 0.526. The maximum Gasteiger partial charge on any atom is 0.254 e. The molecule has 8 nitrogen and oxygen atoms in total. The normalized spacial score (nSPS) is 20.0. The second kappa shape index (κ2) is 9.36. The molecule has 0 bridgehead atoms. The summed E-state index contributed by atoms with van der Waals surface area (Å²) >= 11 is 0. The highest BCUT2D eigenvalue weighted by molar-refractivity contribution is 5.94. The van der Waals surface area contributed by atoms with Gasteiger partial charge < -0.3 is 19.5 Å². The average molecular weight is 408 g/mol. The molecule has 2 aliphatic heterocycles.